The quantitative estimate of drug-likeness (QED) is 0.557. The number of hydrogen-bond acceptors (Lipinski definition) is 3. The molecule has 0 aromatic rings. The summed E-state index contributed by atoms with van der Waals surface area (Å²) in [5.74, 6) is 0. The van der Waals surface area contributed by atoms with Crippen LogP contribution in [0.15, 0.2) is 0 Å². The molecule has 0 rings (SSSR count). The molecular weight excluding hydrogens is 158 g/mol. The number of hydrogen-bond donors (Lipinski definition) is 1. The summed E-state index contributed by atoms with van der Waals surface area (Å²) in [6.45, 7) is -1.71. The van der Waals surface area contributed by atoms with Crippen molar-refractivity contribution in [3.63, 3.8) is 0 Å². The van der Waals surface area contributed by atoms with Crippen LogP contribution in [0.3, 0.4) is 0 Å². The zero-order chi connectivity index (χ0) is 8.53. The largest absolute Gasteiger partial charge is 0.388 e. The van der Waals surface area contributed by atoms with Gasteiger partial charge in [0.2, 0.25) is 0 Å². The molecule has 0 aliphatic heterocycles. The lowest BCUT2D eigenvalue weighted by atomic mass is 10.4. The summed E-state index contributed by atoms with van der Waals surface area (Å²) in [4.78, 5) is 0. The smallest absolute Gasteiger partial charge is 0.188 e. The molecule has 0 fully saturated rings. The molecule has 0 radical (unpaired) electrons. The van der Waals surface area contributed by atoms with Gasteiger partial charge in [-0.15, -0.1) is 0 Å². The van der Waals surface area contributed by atoms with E-state index in [0.717, 1.165) is 0 Å². The Morgan fingerprint density at radius 2 is 1.82 bits per heavy atom. The highest BCUT2D eigenvalue weighted by molar-refractivity contribution is 4.49. The minimum absolute atomic E-state index is 0.0239. The number of ether oxygens (including phenoxy) is 2. The zero-order valence-corrected chi connectivity index (χ0v) is 6.13. The standard InChI is InChI=1S/C6H12F2O3/c7-1-2-10-3-6(9)4-11-5-8/h6,9H,1-5H2. The molecule has 1 N–H and O–H groups in total. The molecule has 0 bridgehead atoms. The van der Waals surface area contributed by atoms with Gasteiger partial charge in [0.15, 0.2) is 6.86 Å². The maximum atomic E-state index is 11.4. The summed E-state index contributed by atoms with van der Waals surface area (Å²) >= 11 is 0. The lowest BCUT2D eigenvalue weighted by Crippen LogP contribution is -2.22. The number of halogens is 2. The summed E-state index contributed by atoms with van der Waals surface area (Å²) in [5, 5.41) is 8.87. The molecule has 0 spiro atoms. The van der Waals surface area contributed by atoms with Gasteiger partial charge in [0.1, 0.15) is 12.8 Å². The molecule has 0 aromatic heterocycles. The van der Waals surface area contributed by atoms with Crippen molar-refractivity contribution in [3.05, 3.63) is 0 Å². The Hall–Kier alpha value is -0.260. The molecule has 0 aliphatic carbocycles. The lowest BCUT2D eigenvalue weighted by molar-refractivity contribution is -0.0410. The van der Waals surface area contributed by atoms with Gasteiger partial charge < -0.3 is 14.6 Å². The van der Waals surface area contributed by atoms with E-state index in [9.17, 15) is 8.78 Å². The Bertz CT molecular complexity index is 82.2. The minimum atomic E-state index is -0.930. The third kappa shape index (κ3) is 7.64. The zero-order valence-electron chi connectivity index (χ0n) is 6.13. The fourth-order valence-electron chi connectivity index (χ4n) is 0.503. The van der Waals surface area contributed by atoms with Crippen molar-refractivity contribution in [3.8, 4) is 0 Å². The number of aliphatic hydroxyl groups excluding tert-OH is 1. The molecule has 3 nitrogen and oxygen atoms in total. The summed E-state index contributed by atoms with van der Waals surface area (Å²) in [6, 6.07) is 0. The van der Waals surface area contributed by atoms with Gasteiger partial charge in [0, 0.05) is 0 Å². The Labute approximate surface area is 63.9 Å². The van der Waals surface area contributed by atoms with E-state index in [4.69, 9.17) is 5.11 Å². The summed E-state index contributed by atoms with van der Waals surface area (Å²) in [7, 11) is 0. The molecule has 1 atom stereocenters. The van der Waals surface area contributed by atoms with E-state index in [1.807, 2.05) is 0 Å². The second kappa shape index (κ2) is 7.84. The first-order chi connectivity index (χ1) is 5.31. The van der Waals surface area contributed by atoms with Crippen molar-refractivity contribution >= 4 is 0 Å². The van der Waals surface area contributed by atoms with Crippen LogP contribution in [0.4, 0.5) is 8.78 Å². The van der Waals surface area contributed by atoms with Gasteiger partial charge in [-0.25, -0.2) is 8.78 Å². The SMILES string of the molecule is OC(COCF)COCCF. The highest BCUT2D eigenvalue weighted by Crippen LogP contribution is 1.88. The van der Waals surface area contributed by atoms with Crippen LogP contribution in [-0.4, -0.2) is 44.6 Å². The van der Waals surface area contributed by atoms with Gasteiger partial charge in [0.05, 0.1) is 19.8 Å². The van der Waals surface area contributed by atoms with Gasteiger partial charge in [-0.05, 0) is 0 Å². The van der Waals surface area contributed by atoms with E-state index in [1.54, 1.807) is 0 Å². The first-order valence-corrected chi connectivity index (χ1v) is 3.26. The van der Waals surface area contributed by atoms with Gasteiger partial charge >= 0.3 is 0 Å². The predicted molar refractivity (Wildman–Crippen MR) is 34.7 cm³/mol. The Kier molecular flexibility index (Phi) is 7.66. The van der Waals surface area contributed by atoms with Crippen LogP contribution in [-0.2, 0) is 9.47 Å². The summed E-state index contributed by atoms with van der Waals surface area (Å²) < 4.78 is 31.6. The van der Waals surface area contributed by atoms with Gasteiger partial charge in [0.25, 0.3) is 0 Å². The third-order valence-corrected chi connectivity index (χ3v) is 0.919. The topological polar surface area (TPSA) is 38.7 Å². The first kappa shape index (κ1) is 10.7. The molecule has 11 heavy (non-hydrogen) atoms. The van der Waals surface area contributed by atoms with Gasteiger partial charge in [-0.3, -0.25) is 0 Å². The maximum Gasteiger partial charge on any atom is 0.188 e. The molecule has 68 valence electrons. The van der Waals surface area contributed by atoms with E-state index >= 15 is 0 Å². The fraction of sp³-hybridized carbons (Fsp3) is 1.00. The van der Waals surface area contributed by atoms with E-state index < -0.39 is 19.6 Å². The Morgan fingerprint density at radius 1 is 1.18 bits per heavy atom. The molecule has 0 saturated carbocycles. The van der Waals surface area contributed by atoms with Crippen LogP contribution < -0.4 is 0 Å². The van der Waals surface area contributed by atoms with Crippen molar-refractivity contribution in [1.29, 1.82) is 0 Å². The highest BCUT2D eigenvalue weighted by Gasteiger charge is 2.03. The van der Waals surface area contributed by atoms with Crippen molar-refractivity contribution in [2.24, 2.45) is 0 Å². The molecule has 0 aliphatic rings. The second-order valence-corrected chi connectivity index (χ2v) is 1.90. The summed E-state index contributed by atoms with van der Waals surface area (Å²) in [5.41, 5.74) is 0. The second-order valence-electron chi connectivity index (χ2n) is 1.90. The number of rotatable bonds is 7. The molecule has 0 heterocycles. The van der Waals surface area contributed by atoms with Crippen molar-refractivity contribution in [1.82, 2.24) is 0 Å². The molecule has 0 amide bonds. The van der Waals surface area contributed by atoms with E-state index in [0.29, 0.717) is 0 Å². The van der Waals surface area contributed by atoms with Crippen molar-refractivity contribution < 1.29 is 23.4 Å². The van der Waals surface area contributed by atoms with Crippen molar-refractivity contribution in [2.45, 2.75) is 6.10 Å². The summed E-state index contributed by atoms with van der Waals surface area (Å²) in [6.07, 6.45) is -0.878. The van der Waals surface area contributed by atoms with Crippen LogP contribution in [0.25, 0.3) is 0 Å². The molecule has 0 saturated heterocycles. The number of aliphatic hydroxyl groups is 1. The first-order valence-electron chi connectivity index (χ1n) is 3.26. The van der Waals surface area contributed by atoms with Gasteiger partial charge in [-0.2, -0.15) is 0 Å². The van der Waals surface area contributed by atoms with Crippen LogP contribution in [0.1, 0.15) is 0 Å². The Balaban J connectivity index is 3.02. The molecular formula is C6H12F2O3. The molecule has 5 heteroatoms. The van der Waals surface area contributed by atoms with Crippen LogP contribution in [0, 0.1) is 0 Å². The third-order valence-electron chi connectivity index (χ3n) is 0.919. The van der Waals surface area contributed by atoms with Crippen LogP contribution in [0.5, 0.6) is 0 Å². The maximum absolute atomic E-state index is 11.4. The highest BCUT2D eigenvalue weighted by atomic mass is 19.1. The average Bonchev–Trinajstić information content (AvgIpc) is 2.01. The van der Waals surface area contributed by atoms with E-state index in [1.165, 1.54) is 0 Å². The van der Waals surface area contributed by atoms with Gasteiger partial charge in [-0.1, -0.05) is 0 Å². The predicted octanol–water partition coefficient (Wildman–Crippen LogP) is 0.277. The average molecular weight is 170 g/mol. The molecule has 0 aromatic carbocycles. The lowest BCUT2D eigenvalue weighted by Gasteiger charge is -2.08. The van der Waals surface area contributed by atoms with Crippen LogP contribution in [0.2, 0.25) is 0 Å². The molecule has 1 unspecified atom stereocenters. The monoisotopic (exact) mass is 170 g/mol. The van der Waals surface area contributed by atoms with E-state index in [2.05, 4.69) is 9.47 Å². The number of alkyl halides is 2. The fourth-order valence-corrected chi connectivity index (χ4v) is 0.503. The van der Waals surface area contributed by atoms with Crippen molar-refractivity contribution in [2.75, 3.05) is 33.4 Å². The van der Waals surface area contributed by atoms with E-state index in [-0.39, 0.29) is 19.8 Å². The van der Waals surface area contributed by atoms with Crippen LogP contribution >= 0.6 is 0 Å². The minimum Gasteiger partial charge on any atom is -0.388 e. The normalized spacial score (nSPS) is 13.4. The Morgan fingerprint density at radius 3 is 2.36 bits per heavy atom.